The first kappa shape index (κ1) is 22.6. The number of hydrogen-bond donors (Lipinski definition) is 2. The third-order valence-electron chi connectivity index (χ3n) is 4.84. The van der Waals surface area contributed by atoms with Crippen LogP contribution in [0.4, 0.5) is 24.5 Å². The minimum Gasteiger partial charge on any atom is -0.378 e. The third kappa shape index (κ3) is 5.33. The zero-order valence-corrected chi connectivity index (χ0v) is 17.4. The molecule has 0 aliphatic heterocycles. The highest BCUT2D eigenvalue weighted by Crippen LogP contribution is 2.40. The molecule has 0 saturated heterocycles. The minimum absolute atomic E-state index is 0.0528. The Bertz CT molecular complexity index is 991. The molecule has 0 spiro atoms. The number of nitro groups is 1. The monoisotopic (exact) mass is 439 g/mol. The molecule has 0 bridgehead atoms. The van der Waals surface area contributed by atoms with E-state index in [4.69, 9.17) is 0 Å². The highest BCUT2D eigenvalue weighted by Gasteiger charge is 2.33. The summed E-state index contributed by atoms with van der Waals surface area (Å²) in [6, 6.07) is 4.06. The van der Waals surface area contributed by atoms with Gasteiger partial charge in [-0.15, -0.1) is 0 Å². The fourth-order valence-corrected chi connectivity index (χ4v) is 3.12. The quantitative estimate of drug-likeness (QED) is 0.381. The van der Waals surface area contributed by atoms with Gasteiger partial charge in [-0.25, -0.2) is 0 Å². The number of rotatable bonds is 7. The molecule has 1 saturated carbocycles. The number of anilines is 1. The van der Waals surface area contributed by atoms with Gasteiger partial charge in [0.15, 0.2) is 0 Å². The zero-order valence-electron chi connectivity index (χ0n) is 17.4. The second kappa shape index (κ2) is 8.20. The van der Waals surface area contributed by atoms with E-state index in [1.807, 2.05) is 20.8 Å². The molecule has 1 aliphatic carbocycles. The van der Waals surface area contributed by atoms with E-state index in [0.717, 1.165) is 30.7 Å². The molecule has 2 N–H and O–H groups in total. The molecule has 1 amide bonds. The summed E-state index contributed by atoms with van der Waals surface area (Å²) in [5.74, 6) is 0.0510. The Hall–Kier alpha value is -3.11. The molecular weight excluding hydrogens is 415 g/mol. The number of alkyl halides is 3. The number of hydrogen-bond acceptors (Lipinski definition) is 5. The van der Waals surface area contributed by atoms with Crippen LogP contribution in [-0.2, 0) is 11.7 Å². The Labute approximate surface area is 177 Å². The van der Waals surface area contributed by atoms with Crippen LogP contribution < -0.4 is 10.6 Å². The summed E-state index contributed by atoms with van der Waals surface area (Å²) in [5.41, 5.74) is -0.906. The van der Waals surface area contributed by atoms with Gasteiger partial charge in [0.05, 0.1) is 21.7 Å². The largest absolute Gasteiger partial charge is 0.416 e. The number of nitrogens with zero attached hydrogens (tertiary/aromatic N) is 3. The van der Waals surface area contributed by atoms with E-state index in [1.165, 1.54) is 0 Å². The molecule has 0 atom stereocenters. The number of halogens is 3. The summed E-state index contributed by atoms with van der Waals surface area (Å²) < 4.78 is 40.1. The van der Waals surface area contributed by atoms with Crippen LogP contribution >= 0.6 is 0 Å². The molecule has 1 aromatic carbocycles. The van der Waals surface area contributed by atoms with E-state index in [9.17, 15) is 28.1 Å². The number of carbonyl (C=O) groups is 1. The van der Waals surface area contributed by atoms with Crippen molar-refractivity contribution < 1.29 is 22.9 Å². The first-order chi connectivity index (χ1) is 14.4. The number of nitrogens with one attached hydrogen (secondary N) is 2. The van der Waals surface area contributed by atoms with Gasteiger partial charge in [-0.05, 0) is 51.8 Å². The molecule has 1 aliphatic rings. The lowest BCUT2D eigenvalue weighted by Crippen LogP contribution is -2.34. The molecule has 1 fully saturated rings. The molecule has 11 heteroatoms. The van der Waals surface area contributed by atoms with Gasteiger partial charge in [0.25, 0.3) is 11.6 Å². The van der Waals surface area contributed by atoms with Gasteiger partial charge in [-0.3, -0.25) is 19.6 Å². The van der Waals surface area contributed by atoms with Gasteiger partial charge in [0.1, 0.15) is 11.4 Å². The first-order valence-electron chi connectivity index (χ1n) is 9.86. The number of nitro benzene ring substituents is 1. The van der Waals surface area contributed by atoms with Crippen molar-refractivity contribution in [3.8, 4) is 0 Å². The number of benzene rings is 1. The Kier molecular flexibility index (Phi) is 5.97. The van der Waals surface area contributed by atoms with E-state index in [-0.39, 0.29) is 30.2 Å². The van der Waals surface area contributed by atoms with Crippen molar-refractivity contribution in [3.63, 3.8) is 0 Å². The first-order valence-corrected chi connectivity index (χ1v) is 9.86. The van der Waals surface area contributed by atoms with Gasteiger partial charge in [0, 0.05) is 25.1 Å². The average Bonchev–Trinajstić information content (AvgIpc) is 3.41. The molecule has 8 nitrogen and oxygen atoms in total. The molecule has 0 unspecified atom stereocenters. The normalized spacial score (nSPS) is 14.4. The van der Waals surface area contributed by atoms with Crippen LogP contribution in [0.1, 0.15) is 61.3 Å². The maximum atomic E-state index is 12.8. The van der Waals surface area contributed by atoms with Crippen molar-refractivity contribution in [1.29, 1.82) is 0 Å². The fourth-order valence-electron chi connectivity index (χ4n) is 3.12. The SMILES string of the molecule is CC(C)(C)n1nc(C2CC2)cc1C(=O)NCCNc1ccc(C(F)(F)F)cc1[N+](=O)[O-]. The van der Waals surface area contributed by atoms with E-state index >= 15 is 0 Å². The van der Waals surface area contributed by atoms with Crippen molar-refractivity contribution in [2.45, 2.75) is 51.2 Å². The van der Waals surface area contributed by atoms with Gasteiger partial charge in [-0.1, -0.05) is 0 Å². The summed E-state index contributed by atoms with van der Waals surface area (Å²) in [4.78, 5) is 22.9. The van der Waals surface area contributed by atoms with E-state index < -0.39 is 22.4 Å². The van der Waals surface area contributed by atoms with Gasteiger partial charge in [-0.2, -0.15) is 18.3 Å². The third-order valence-corrected chi connectivity index (χ3v) is 4.84. The number of amides is 1. The van der Waals surface area contributed by atoms with Crippen LogP contribution in [0.5, 0.6) is 0 Å². The summed E-state index contributed by atoms with van der Waals surface area (Å²) >= 11 is 0. The smallest absolute Gasteiger partial charge is 0.378 e. The fraction of sp³-hybridized carbons (Fsp3) is 0.500. The molecule has 0 radical (unpaired) electrons. The van der Waals surface area contributed by atoms with E-state index in [1.54, 1.807) is 10.7 Å². The lowest BCUT2D eigenvalue weighted by atomic mass is 10.1. The minimum atomic E-state index is -4.67. The molecular formula is C20H24F3N5O3. The molecule has 1 heterocycles. The molecule has 168 valence electrons. The van der Waals surface area contributed by atoms with Crippen molar-refractivity contribution in [3.05, 3.63) is 51.3 Å². The number of carbonyl (C=O) groups excluding carboxylic acids is 1. The predicted molar refractivity (Wildman–Crippen MR) is 108 cm³/mol. The highest BCUT2D eigenvalue weighted by atomic mass is 19.4. The van der Waals surface area contributed by atoms with Crippen LogP contribution in [0, 0.1) is 10.1 Å². The van der Waals surface area contributed by atoms with Crippen LogP contribution in [0.2, 0.25) is 0 Å². The van der Waals surface area contributed by atoms with Crippen molar-refractivity contribution >= 4 is 17.3 Å². The van der Waals surface area contributed by atoms with Crippen LogP contribution in [-0.4, -0.2) is 33.7 Å². The van der Waals surface area contributed by atoms with E-state index in [0.29, 0.717) is 17.7 Å². The topological polar surface area (TPSA) is 102 Å². The van der Waals surface area contributed by atoms with Crippen LogP contribution in [0.3, 0.4) is 0 Å². The summed E-state index contributed by atoms with van der Waals surface area (Å²) in [6.45, 7) is 6.04. The Morgan fingerprint density at radius 3 is 2.45 bits per heavy atom. The van der Waals surface area contributed by atoms with Gasteiger partial charge < -0.3 is 10.6 Å². The second-order valence-electron chi connectivity index (χ2n) is 8.48. The summed E-state index contributed by atoms with van der Waals surface area (Å²) in [7, 11) is 0. The second-order valence-corrected chi connectivity index (χ2v) is 8.48. The van der Waals surface area contributed by atoms with E-state index in [2.05, 4.69) is 15.7 Å². The van der Waals surface area contributed by atoms with Crippen LogP contribution in [0.15, 0.2) is 24.3 Å². The van der Waals surface area contributed by atoms with Crippen molar-refractivity contribution in [2.24, 2.45) is 0 Å². The average molecular weight is 439 g/mol. The highest BCUT2D eigenvalue weighted by molar-refractivity contribution is 5.92. The molecule has 3 rings (SSSR count). The maximum absolute atomic E-state index is 12.8. The Morgan fingerprint density at radius 1 is 1.23 bits per heavy atom. The van der Waals surface area contributed by atoms with Crippen molar-refractivity contribution in [1.82, 2.24) is 15.1 Å². The lowest BCUT2D eigenvalue weighted by molar-refractivity contribution is -0.384. The number of aromatic nitrogens is 2. The van der Waals surface area contributed by atoms with Crippen molar-refractivity contribution in [2.75, 3.05) is 18.4 Å². The lowest BCUT2D eigenvalue weighted by Gasteiger charge is -2.22. The Balaban J connectivity index is 1.64. The molecule has 31 heavy (non-hydrogen) atoms. The van der Waals surface area contributed by atoms with Gasteiger partial charge in [0.2, 0.25) is 0 Å². The standard InChI is InChI=1S/C20H24F3N5O3/c1-19(2,3)27-17(11-15(26-27)12-4-5-12)18(29)25-9-8-24-14-7-6-13(20(21,22)23)10-16(14)28(30)31/h6-7,10-12,24H,4-5,8-9H2,1-3H3,(H,25,29). The predicted octanol–water partition coefficient (Wildman–Crippen LogP) is 4.28. The van der Waals surface area contributed by atoms with Crippen LogP contribution in [0.25, 0.3) is 0 Å². The Morgan fingerprint density at radius 2 is 1.90 bits per heavy atom. The zero-order chi connectivity index (χ0) is 23.0. The molecule has 1 aromatic heterocycles. The van der Waals surface area contributed by atoms with Gasteiger partial charge >= 0.3 is 6.18 Å². The summed E-state index contributed by atoms with van der Waals surface area (Å²) in [6.07, 6.45) is -2.57. The molecule has 2 aromatic rings. The maximum Gasteiger partial charge on any atom is 0.416 e. The summed E-state index contributed by atoms with van der Waals surface area (Å²) in [5, 5.41) is 21.2.